The second-order valence-corrected chi connectivity index (χ2v) is 2.66. The van der Waals surface area contributed by atoms with Gasteiger partial charge in [-0.25, -0.2) is 14.1 Å². The van der Waals surface area contributed by atoms with Gasteiger partial charge >= 0.3 is 0 Å². The summed E-state index contributed by atoms with van der Waals surface area (Å²) in [6.45, 7) is 0. The molecular formula is C9H6FN3O. The Morgan fingerprint density at radius 2 is 2.29 bits per heavy atom. The molecule has 0 fully saturated rings. The molecule has 1 aromatic carbocycles. The van der Waals surface area contributed by atoms with Crippen molar-refractivity contribution in [3.05, 3.63) is 42.2 Å². The Labute approximate surface area is 79.0 Å². The number of aldehydes is 1. The zero-order chi connectivity index (χ0) is 9.97. The van der Waals surface area contributed by atoms with E-state index in [4.69, 9.17) is 0 Å². The van der Waals surface area contributed by atoms with E-state index in [9.17, 15) is 9.18 Å². The van der Waals surface area contributed by atoms with Gasteiger partial charge in [-0.1, -0.05) is 0 Å². The van der Waals surface area contributed by atoms with Crippen LogP contribution in [0.15, 0.2) is 30.9 Å². The number of halogens is 1. The fourth-order valence-electron chi connectivity index (χ4n) is 1.11. The highest BCUT2D eigenvalue weighted by Crippen LogP contribution is 2.11. The molecule has 0 unspecified atom stereocenters. The largest absolute Gasteiger partial charge is 0.298 e. The number of hydrogen-bond acceptors (Lipinski definition) is 3. The SMILES string of the molecule is O=Cc1cc(-n2cncn2)ccc1F. The Morgan fingerprint density at radius 1 is 1.43 bits per heavy atom. The Morgan fingerprint density at radius 3 is 2.93 bits per heavy atom. The van der Waals surface area contributed by atoms with Crippen molar-refractivity contribution >= 4 is 6.29 Å². The van der Waals surface area contributed by atoms with Gasteiger partial charge in [0.15, 0.2) is 6.29 Å². The lowest BCUT2D eigenvalue weighted by atomic mass is 10.2. The molecule has 0 amide bonds. The highest BCUT2D eigenvalue weighted by Gasteiger charge is 2.03. The Balaban J connectivity index is 2.51. The van der Waals surface area contributed by atoms with E-state index >= 15 is 0 Å². The average molecular weight is 191 g/mol. The molecule has 0 saturated carbocycles. The summed E-state index contributed by atoms with van der Waals surface area (Å²) in [7, 11) is 0. The highest BCUT2D eigenvalue weighted by molar-refractivity contribution is 5.76. The Bertz CT molecular complexity index is 453. The molecule has 0 radical (unpaired) electrons. The van der Waals surface area contributed by atoms with Crippen LogP contribution in [0.3, 0.4) is 0 Å². The van der Waals surface area contributed by atoms with Gasteiger partial charge in [0.2, 0.25) is 0 Å². The molecule has 1 heterocycles. The second kappa shape index (κ2) is 3.37. The summed E-state index contributed by atoms with van der Waals surface area (Å²) in [4.78, 5) is 14.2. The normalized spacial score (nSPS) is 10.1. The van der Waals surface area contributed by atoms with Crippen LogP contribution in [0, 0.1) is 5.82 Å². The van der Waals surface area contributed by atoms with Gasteiger partial charge in [0.05, 0.1) is 11.3 Å². The van der Waals surface area contributed by atoms with Crippen LogP contribution >= 0.6 is 0 Å². The molecule has 4 nitrogen and oxygen atoms in total. The third-order valence-electron chi connectivity index (χ3n) is 1.79. The molecule has 0 aliphatic carbocycles. The first-order valence-electron chi connectivity index (χ1n) is 3.91. The number of benzene rings is 1. The molecule has 0 N–H and O–H groups in total. The summed E-state index contributed by atoms with van der Waals surface area (Å²) in [5.41, 5.74) is 0.615. The molecule has 0 aliphatic rings. The second-order valence-electron chi connectivity index (χ2n) is 2.66. The van der Waals surface area contributed by atoms with Gasteiger partial charge in [0.25, 0.3) is 0 Å². The first-order chi connectivity index (χ1) is 6.81. The predicted molar refractivity (Wildman–Crippen MR) is 46.7 cm³/mol. The molecule has 70 valence electrons. The molecular weight excluding hydrogens is 185 g/mol. The van der Waals surface area contributed by atoms with E-state index in [1.54, 1.807) is 0 Å². The molecule has 0 saturated heterocycles. The summed E-state index contributed by atoms with van der Waals surface area (Å²) in [6, 6.07) is 4.16. The molecule has 0 bridgehead atoms. The maximum atomic E-state index is 12.9. The van der Waals surface area contributed by atoms with E-state index in [1.165, 1.54) is 35.5 Å². The number of aromatic nitrogens is 3. The van der Waals surface area contributed by atoms with Crippen molar-refractivity contribution in [3.8, 4) is 5.69 Å². The van der Waals surface area contributed by atoms with E-state index in [-0.39, 0.29) is 5.56 Å². The number of nitrogens with zero attached hydrogens (tertiary/aromatic N) is 3. The highest BCUT2D eigenvalue weighted by atomic mass is 19.1. The monoisotopic (exact) mass is 191 g/mol. The minimum absolute atomic E-state index is 0.0120. The van der Waals surface area contributed by atoms with Gasteiger partial charge in [0, 0.05) is 0 Å². The summed E-state index contributed by atoms with van der Waals surface area (Å²) < 4.78 is 14.4. The average Bonchev–Trinajstić information content (AvgIpc) is 2.71. The van der Waals surface area contributed by atoms with Crippen molar-refractivity contribution in [1.29, 1.82) is 0 Å². The van der Waals surface area contributed by atoms with E-state index < -0.39 is 5.82 Å². The quantitative estimate of drug-likeness (QED) is 0.670. The minimum atomic E-state index is -0.538. The van der Waals surface area contributed by atoms with Crippen molar-refractivity contribution in [3.63, 3.8) is 0 Å². The molecule has 5 heteroatoms. The van der Waals surface area contributed by atoms with Crippen molar-refractivity contribution in [1.82, 2.24) is 14.8 Å². The van der Waals surface area contributed by atoms with Gasteiger partial charge in [-0.2, -0.15) is 5.10 Å². The zero-order valence-electron chi connectivity index (χ0n) is 7.09. The molecule has 0 atom stereocenters. The van der Waals surface area contributed by atoms with Crippen LogP contribution in [-0.2, 0) is 0 Å². The van der Waals surface area contributed by atoms with Crippen molar-refractivity contribution < 1.29 is 9.18 Å². The van der Waals surface area contributed by atoms with Crippen LogP contribution in [0.5, 0.6) is 0 Å². The minimum Gasteiger partial charge on any atom is -0.298 e. The molecule has 2 rings (SSSR count). The van der Waals surface area contributed by atoms with Gasteiger partial charge in [-0.15, -0.1) is 0 Å². The Kier molecular flexibility index (Phi) is 2.06. The van der Waals surface area contributed by atoms with Crippen molar-refractivity contribution in [2.45, 2.75) is 0 Å². The smallest absolute Gasteiger partial charge is 0.153 e. The summed E-state index contributed by atoms with van der Waals surface area (Å²) in [5.74, 6) is -0.538. The third-order valence-corrected chi connectivity index (χ3v) is 1.79. The van der Waals surface area contributed by atoms with Gasteiger partial charge in [0.1, 0.15) is 18.5 Å². The number of carbonyl (C=O) groups is 1. The molecule has 0 spiro atoms. The summed E-state index contributed by atoms with van der Waals surface area (Å²) >= 11 is 0. The number of hydrogen-bond donors (Lipinski definition) is 0. The molecule has 1 aromatic heterocycles. The molecule has 0 aliphatic heterocycles. The first-order valence-corrected chi connectivity index (χ1v) is 3.91. The van der Waals surface area contributed by atoms with Gasteiger partial charge in [-0.3, -0.25) is 4.79 Å². The first kappa shape index (κ1) is 8.55. The van der Waals surface area contributed by atoms with Crippen molar-refractivity contribution in [2.24, 2.45) is 0 Å². The molecule has 2 aromatic rings. The van der Waals surface area contributed by atoms with E-state index in [0.29, 0.717) is 12.0 Å². The van der Waals surface area contributed by atoms with E-state index in [1.807, 2.05) is 0 Å². The lowest BCUT2D eigenvalue weighted by Gasteiger charge is -2.01. The standard InChI is InChI=1S/C9H6FN3O/c10-9-2-1-8(3-7(9)4-14)13-6-11-5-12-13/h1-6H. The Hall–Kier alpha value is -2.04. The number of carbonyl (C=O) groups excluding carboxylic acids is 1. The van der Waals surface area contributed by atoms with Crippen LogP contribution in [0.2, 0.25) is 0 Å². The summed E-state index contributed by atoms with van der Waals surface area (Å²) in [5, 5.41) is 3.86. The fourth-order valence-corrected chi connectivity index (χ4v) is 1.11. The van der Waals surface area contributed by atoms with Gasteiger partial charge < -0.3 is 0 Å². The number of rotatable bonds is 2. The van der Waals surface area contributed by atoms with E-state index in [2.05, 4.69) is 10.1 Å². The maximum Gasteiger partial charge on any atom is 0.153 e. The lowest BCUT2D eigenvalue weighted by molar-refractivity contribution is 0.112. The van der Waals surface area contributed by atoms with Crippen LogP contribution in [0.4, 0.5) is 4.39 Å². The third kappa shape index (κ3) is 1.39. The van der Waals surface area contributed by atoms with Crippen LogP contribution in [-0.4, -0.2) is 21.1 Å². The van der Waals surface area contributed by atoms with Crippen LogP contribution in [0.25, 0.3) is 5.69 Å². The van der Waals surface area contributed by atoms with Crippen LogP contribution < -0.4 is 0 Å². The van der Waals surface area contributed by atoms with E-state index in [0.717, 1.165) is 0 Å². The van der Waals surface area contributed by atoms with Crippen LogP contribution in [0.1, 0.15) is 10.4 Å². The maximum absolute atomic E-state index is 12.9. The van der Waals surface area contributed by atoms with Gasteiger partial charge in [-0.05, 0) is 18.2 Å². The zero-order valence-corrected chi connectivity index (χ0v) is 7.09. The van der Waals surface area contributed by atoms with Crippen molar-refractivity contribution in [2.75, 3.05) is 0 Å². The fraction of sp³-hybridized carbons (Fsp3) is 0. The lowest BCUT2D eigenvalue weighted by Crippen LogP contribution is -1.97. The predicted octanol–water partition coefficient (Wildman–Crippen LogP) is 1.22. The molecule has 14 heavy (non-hydrogen) atoms. The topological polar surface area (TPSA) is 47.8 Å². The summed E-state index contributed by atoms with van der Waals surface area (Å²) in [6.07, 6.45) is 3.31.